The van der Waals surface area contributed by atoms with Gasteiger partial charge < -0.3 is 10.0 Å². The number of aromatic nitrogens is 3. The Bertz CT molecular complexity index is 1070. The molecule has 2 aromatic heterocycles. The zero-order chi connectivity index (χ0) is 19.7. The van der Waals surface area contributed by atoms with E-state index in [1.54, 1.807) is 18.2 Å². The average molecular weight is 380 g/mol. The summed E-state index contributed by atoms with van der Waals surface area (Å²) in [4.78, 5) is 32.0. The van der Waals surface area contributed by atoms with E-state index in [1.165, 1.54) is 10.7 Å². The molecule has 2 N–H and O–H groups in total. The van der Waals surface area contributed by atoms with Crippen LogP contribution in [0.15, 0.2) is 41.3 Å². The van der Waals surface area contributed by atoms with Gasteiger partial charge in [0.25, 0.3) is 11.5 Å². The molecule has 0 radical (unpaired) electrons. The van der Waals surface area contributed by atoms with E-state index in [2.05, 4.69) is 10.1 Å². The molecule has 1 fully saturated rings. The topological polar surface area (TPSA) is 90.7 Å². The average Bonchev–Trinajstić information content (AvgIpc) is 3.08. The maximum atomic E-state index is 13.2. The van der Waals surface area contributed by atoms with Crippen molar-refractivity contribution in [1.82, 2.24) is 19.5 Å². The fourth-order valence-corrected chi connectivity index (χ4v) is 4.00. The summed E-state index contributed by atoms with van der Waals surface area (Å²) in [6.07, 6.45) is 5.90. The standard InChI is InChI=1S/C21H24N4O3/c1-14-11-19-22-13-18(21(28)25(19)23-14)20(27)24-10-3-2-6-16(24)9-8-15-5-4-7-17(26)12-15/h4-5,7,11-13,16,23,26H,2-3,6,8-10H2,1H3. The van der Waals surface area contributed by atoms with Crippen molar-refractivity contribution < 1.29 is 9.90 Å². The number of benzene rings is 1. The third-order valence-electron chi connectivity index (χ3n) is 5.42. The number of phenols is 1. The van der Waals surface area contributed by atoms with Crippen molar-refractivity contribution in [2.45, 2.75) is 45.1 Å². The number of rotatable bonds is 4. The summed E-state index contributed by atoms with van der Waals surface area (Å²) in [7, 11) is 0. The Labute approximate surface area is 162 Å². The van der Waals surface area contributed by atoms with Gasteiger partial charge in [-0.15, -0.1) is 0 Å². The van der Waals surface area contributed by atoms with E-state index < -0.39 is 0 Å². The van der Waals surface area contributed by atoms with Crippen LogP contribution in [0, 0.1) is 6.92 Å². The van der Waals surface area contributed by atoms with E-state index in [4.69, 9.17) is 0 Å². The summed E-state index contributed by atoms with van der Waals surface area (Å²) in [6.45, 7) is 2.49. The largest absolute Gasteiger partial charge is 0.508 e. The molecule has 0 saturated carbocycles. The summed E-state index contributed by atoms with van der Waals surface area (Å²) in [5.74, 6) is 0.00229. The third kappa shape index (κ3) is 3.52. The zero-order valence-electron chi connectivity index (χ0n) is 15.9. The fraction of sp³-hybridized carbons (Fsp3) is 0.381. The number of piperidine rings is 1. The summed E-state index contributed by atoms with van der Waals surface area (Å²) in [5.41, 5.74) is 2.11. The molecule has 28 heavy (non-hydrogen) atoms. The first-order valence-corrected chi connectivity index (χ1v) is 9.69. The van der Waals surface area contributed by atoms with Crippen LogP contribution in [0.3, 0.4) is 0 Å². The van der Waals surface area contributed by atoms with Gasteiger partial charge >= 0.3 is 0 Å². The molecule has 3 aromatic rings. The molecule has 7 nitrogen and oxygen atoms in total. The van der Waals surface area contributed by atoms with Gasteiger partial charge in [-0.25, -0.2) is 9.50 Å². The van der Waals surface area contributed by atoms with Crippen molar-refractivity contribution in [1.29, 1.82) is 0 Å². The van der Waals surface area contributed by atoms with Crippen LogP contribution < -0.4 is 5.56 Å². The van der Waals surface area contributed by atoms with Gasteiger partial charge in [-0.3, -0.25) is 14.7 Å². The van der Waals surface area contributed by atoms with E-state index in [9.17, 15) is 14.7 Å². The highest BCUT2D eigenvalue weighted by Gasteiger charge is 2.29. The molecule has 146 valence electrons. The Morgan fingerprint density at radius 1 is 1.32 bits per heavy atom. The molecule has 1 amide bonds. The van der Waals surface area contributed by atoms with Gasteiger partial charge in [0.05, 0.1) is 0 Å². The maximum absolute atomic E-state index is 13.2. The SMILES string of the molecule is Cc1cc2ncc(C(=O)N3CCCCC3CCc3cccc(O)c3)c(=O)n2[nH]1. The molecule has 1 saturated heterocycles. The molecule has 7 heteroatoms. The van der Waals surface area contributed by atoms with Gasteiger partial charge in [0.2, 0.25) is 0 Å². The number of nitrogens with zero attached hydrogens (tertiary/aromatic N) is 3. The highest BCUT2D eigenvalue weighted by atomic mass is 16.3. The second-order valence-corrected chi connectivity index (χ2v) is 7.47. The van der Waals surface area contributed by atoms with Crippen LogP contribution in [-0.4, -0.2) is 43.1 Å². The van der Waals surface area contributed by atoms with Crippen LogP contribution in [0.1, 0.15) is 47.3 Å². The van der Waals surface area contributed by atoms with Crippen LogP contribution in [0.2, 0.25) is 0 Å². The smallest absolute Gasteiger partial charge is 0.285 e. The number of amides is 1. The molecule has 1 atom stereocenters. The molecule has 4 rings (SSSR count). The quantitative estimate of drug-likeness (QED) is 0.728. The van der Waals surface area contributed by atoms with Crippen molar-refractivity contribution in [3.05, 3.63) is 63.7 Å². The highest BCUT2D eigenvalue weighted by molar-refractivity contribution is 5.94. The number of carbonyl (C=O) groups excluding carboxylic acids is 1. The zero-order valence-corrected chi connectivity index (χ0v) is 15.9. The molecule has 3 heterocycles. The second-order valence-electron chi connectivity index (χ2n) is 7.47. The summed E-state index contributed by atoms with van der Waals surface area (Å²) >= 11 is 0. The fourth-order valence-electron chi connectivity index (χ4n) is 4.00. The Morgan fingerprint density at radius 3 is 3.00 bits per heavy atom. The Morgan fingerprint density at radius 2 is 2.18 bits per heavy atom. The lowest BCUT2D eigenvalue weighted by molar-refractivity contribution is 0.0599. The molecular formula is C21H24N4O3. The predicted octanol–water partition coefficient (Wildman–Crippen LogP) is 2.66. The van der Waals surface area contributed by atoms with Gasteiger partial charge in [0.15, 0.2) is 5.65 Å². The van der Waals surface area contributed by atoms with Gasteiger partial charge in [0, 0.05) is 30.5 Å². The van der Waals surface area contributed by atoms with Gasteiger partial charge in [-0.05, 0) is 56.7 Å². The molecular weight excluding hydrogens is 356 g/mol. The molecule has 1 aliphatic rings. The van der Waals surface area contributed by atoms with Crippen molar-refractivity contribution in [3.63, 3.8) is 0 Å². The van der Waals surface area contributed by atoms with Crippen LogP contribution in [-0.2, 0) is 6.42 Å². The van der Waals surface area contributed by atoms with Crippen LogP contribution in [0.25, 0.3) is 5.65 Å². The third-order valence-corrected chi connectivity index (χ3v) is 5.42. The van der Waals surface area contributed by atoms with Gasteiger partial charge in [-0.1, -0.05) is 12.1 Å². The van der Waals surface area contributed by atoms with Crippen LogP contribution >= 0.6 is 0 Å². The number of fused-ring (bicyclic) bond motifs is 1. The van der Waals surface area contributed by atoms with Crippen LogP contribution in [0.4, 0.5) is 0 Å². The van der Waals surface area contributed by atoms with Crippen molar-refractivity contribution in [2.24, 2.45) is 0 Å². The van der Waals surface area contributed by atoms with E-state index in [0.29, 0.717) is 12.2 Å². The summed E-state index contributed by atoms with van der Waals surface area (Å²) < 4.78 is 1.33. The number of phenolic OH excluding ortho intramolecular Hbond substituents is 1. The Hall–Kier alpha value is -3.09. The number of aromatic hydroxyl groups is 1. The highest BCUT2D eigenvalue weighted by Crippen LogP contribution is 2.23. The Balaban J connectivity index is 1.56. The lowest BCUT2D eigenvalue weighted by atomic mass is 9.95. The molecule has 1 aromatic carbocycles. The first kappa shape index (κ1) is 18.3. The van der Waals surface area contributed by atoms with Crippen molar-refractivity contribution in [2.75, 3.05) is 6.54 Å². The van der Waals surface area contributed by atoms with Crippen molar-refractivity contribution in [3.8, 4) is 5.75 Å². The first-order valence-electron chi connectivity index (χ1n) is 9.69. The molecule has 0 spiro atoms. The molecule has 1 aliphatic heterocycles. The number of H-pyrrole nitrogens is 1. The second kappa shape index (κ2) is 7.50. The van der Waals surface area contributed by atoms with Crippen molar-refractivity contribution >= 4 is 11.6 Å². The number of hydrogen-bond donors (Lipinski definition) is 2. The predicted molar refractivity (Wildman–Crippen MR) is 106 cm³/mol. The summed E-state index contributed by atoms with van der Waals surface area (Å²) in [6, 6.07) is 9.07. The number of aryl methyl sites for hydroxylation is 2. The Kier molecular flexibility index (Phi) is 4.90. The number of carbonyl (C=O) groups is 1. The van der Waals surface area contributed by atoms with E-state index >= 15 is 0 Å². The monoisotopic (exact) mass is 380 g/mol. The number of hydrogen-bond acceptors (Lipinski definition) is 4. The summed E-state index contributed by atoms with van der Waals surface area (Å²) in [5, 5.41) is 12.6. The lowest BCUT2D eigenvalue weighted by Crippen LogP contribution is -2.45. The van der Waals surface area contributed by atoms with Crippen LogP contribution in [0.5, 0.6) is 5.75 Å². The van der Waals surface area contributed by atoms with Gasteiger partial charge in [0.1, 0.15) is 11.3 Å². The minimum absolute atomic E-state index is 0.0778. The lowest BCUT2D eigenvalue weighted by Gasteiger charge is -2.35. The molecule has 1 unspecified atom stereocenters. The van der Waals surface area contributed by atoms with Gasteiger partial charge in [-0.2, -0.15) is 0 Å². The molecule has 0 aliphatic carbocycles. The number of aromatic amines is 1. The number of likely N-dealkylation sites (tertiary alicyclic amines) is 1. The number of nitrogens with one attached hydrogen (secondary N) is 1. The minimum atomic E-state index is -0.361. The molecule has 0 bridgehead atoms. The first-order chi connectivity index (χ1) is 13.5. The maximum Gasteiger partial charge on any atom is 0.285 e. The van der Waals surface area contributed by atoms with E-state index in [-0.39, 0.29) is 28.8 Å². The van der Waals surface area contributed by atoms with E-state index in [1.807, 2.05) is 24.0 Å². The van der Waals surface area contributed by atoms with E-state index in [0.717, 1.165) is 43.4 Å². The normalized spacial score (nSPS) is 17.2. The minimum Gasteiger partial charge on any atom is -0.508 e.